The first-order chi connectivity index (χ1) is 12.4. The Labute approximate surface area is 151 Å². The molecule has 0 spiro atoms. The summed E-state index contributed by atoms with van der Waals surface area (Å²) in [4.78, 5) is 5.38. The van der Waals surface area contributed by atoms with Gasteiger partial charge in [0.05, 0.1) is 5.54 Å². The number of rotatable bonds is 5. The molecule has 0 saturated carbocycles. The molecule has 0 aliphatic carbocycles. The lowest BCUT2D eigenvalue weighted by Gasteiger charge is -2.48. The van der Waals surface area contributed by atoms with E-state index in [9.17, 15) is 0 Å². The molecule has 0 bridgehead atoms. The highest BCUT2D eigenvalue weighted by atomic mass is 15.3. The van der Waals surface area contributed by atoms with Crippen LogP contribution in [0.2, 0.25) is 0 Å². The van der Waals surface area contributed by atoms with Crippen LogP contribution in [-0.4, -0.2) is 55.6 Å². The van der Waals surface area contributed by atoms with Crippen LogP contribution in [0.15, 0.2) is 60.7 Å². The molecule has 2 heterocycles. The molecule has 3 heteroatoms. The van der Waals surface area contributed by atoms with E-state index in [2.05, 4.69) is 75.8 Å². The zero-order chi connectivity index (χ0) is 17.0. The van der Waals surface area contributed by atoms with Crippen molar-refractivity contribution in [2.75, 3.05) is 45.8 Å². The van der Waals surface area contributed by atoms with Gasteiger partial charge in [-0.25, -0.2) is 0 Å². The minimum absolute atomic E-state index is 0.0606. The van der Waals surface area contributed by atoms with Gasteiger partial charge >= 0.3 is 0 Å². The molecule has 2 fully saturated rings. The molecule has 2 aliphatic heterocycles. The summed E-state index contributed by atoms with van der Waals surface area (Å²) in [5.74, 6) is 0. The molecule has 2 aliphatic rings. The molecule has 0 radical (unpaired) electrons. The average Bonchev–Trinajstić information content (AvgIpc) is 3.21. The van der Waals surface area contributed by atoms with Gasteiger partial charge in [0.25, 0.3) is 0 Å². The second kappa shape index (κ2) is 7.69. The number of hydrogen-bond acceptors (Lipinski definition) is 3. The smallest absolute Gasteiger partial charge is 0.0845 e. The van der Waals surface area contributed by atoms with Crippen LogP contribution in [-0.2, 0) is 5.54 Å². The van der Waals surface area contributed by atoms with Crippen LogP contribution in [0.5, 0.6) is 0 Å². The highest BCUT2D eigenvalue weighted by Crippen LogP contribution is 2.38. The fourth-order valence-electron chi connectivity index (χ4n) is 4.55. The topological polar surface area (TPSA) is 18.5 Å². The molecule has 0 unspecified atom stereocenters. The minimum Gasteiger partial charge on any atom is -0.314 e. The van der Waals surface area contributed by atoms with Crippen molar-refractivity contribution in [3.63, 3.8) is 0 Å². The summed E-state index contributed by atoms with van der Waals surface area (Å²) in [5, 5.41) is 3.53. The second-order valence-electron chi connectivity index (χ2n) is 7.31. The van der Waals surface area contributed by atoms with Crippen molar-refractivity contribution in [2.24, 2.45) is 0 Å². The van der Waals surface area contributed by atoms with Crippen molar-refractivity contribution >= 4 is 0 Å². The van der Waals surface area contributed by atoms with E-state index in [0.29, 0.717) is 0 Å². The Kier molecular flexibility index (Phi) is 5.16. The van der Waals surface area contributed by atoms with Gasteiger partial charge in [-0.1, -0.05) is 60.7 Å². The lowest BCUT2D eigenvalue weighted by molar-refractivity contribution is 0.0709. The number of hydrogen-bond donors (Lipinski definition) is 1. The third kappa shape index (κ3) is 3.37. The molecule has 25 heavy (non-hydrogen) atoms. The Morgan fingerprint density at radius 3 is 1.76 bits per heavy atom. The normalized spacial score (nSPS) is 20.0. The third-order valence-corrected chi connectivity index (χ3v) is 5.81. The van der Waals surface area contributed by atoms with Crippen molar-refractivity contribution in [1.82, 2.24) is 15.1 Å². The molecular weight excluding hydrogens is 306 g/mol. The SMILES string of the molecule is c1ccc(C(CN2CCCC2)(c2ccccc2)N2CCNCC2)cc1. The van der Waals surface area contributed by atoms with Crippen molar-refractivity contribution in [3.8, 4) is 0 Å². The molecule has 0 amide bonds. The molecule has 2 saturated heterocycles. The lowest BCUT2D eigenvalue weighted by Crippen LogP contribution is -2.59. The first-order valence-corrected chi connectivity index (χ1v) is 9.69. The highest BCUT2D eigenvalue weighted by molar-refractivity contribution is 5.39. The Balaban J connectivity index is 1.83. The van der Waals surface area contributed by atoms with Gasteiger partial charge in [-0.05, 0) is 37.1 Å². The largest absolute Gasteiger partial charge is 0.314 e. The van der Waals surface area contributed by atoms with Crippen LogP contribution in [0.25, 0.3) is 0 Å². The van der Waals surface area contributed by atoms with Gasteiger partial charge in [0, 0.05) is 32.7 Å². The van der Waals surface area contributed by atoms with Crippen LogP contribution < -0.4 is 5.32 Å². The van der Waals surface area contributed by atoms with E-state index in [1.54, 1.807) is 0 Å². The molecule has 0 aromatic heterocycles. The fraction of sp³-hybridized carbons (Fsp3) is 0.455. The number of likely N-dealkylation sites (tertiary alicyclic amines) is 1. The Hall–Kier alpha value is -1.68. The number of nitrogens with one attached hydrogen (secondary N) is 1. The number of nitrogens with zero attached hydrogens (tertiary/aromatic N) is 2. The fourth-order valence-corrected chi connectivity index (χ4v) is 4.55. The Bertz CT molecular complexity index is 604. The molecule has 0 atom stereocenters. The van der Waals surface area contributed by atoms with Crippen molar-refractivity contribution in [1.29, 1.82) is 0 Å². The maximum Gasteiger partial charge on any atom is 0.0845 e. The predicted octanol–water partition coefficient (Wildman–Crippen LogP) is 2.93. The molecule has 1 N–H and O–H groups in total. The molecule has 3 nitrogen and oxygen atoms in total. The van der Waals surface area contributed by atoms with Gasteiger partial charge in [-0.3, -0.25) is 4.90 Å². The number of piperazine rings is 1. The molecule has 4 rings (SSSR count). The van der Waals surface area contributed by atoms with Crippen molar-refractivity contribution in [3.05, 3.63) is 71.8 Å². The summed E-state index contributed by atoms with van der Waals surface area (Å²) < 4.78 is 0. The molecule has 132 valence electrons. The van der Waals surface area contributed by atoms with E-state index in [4.69, 9.17) is 0 Å². The summed E-state index contributed by atoms with van der Waals surface area (Å²) in [6, 6.07) is 22.3. The molecule has 2 aromatic carbocycles. The first-order valence-electron chi connectivity index (χ1n) is 9.69. The predicted molar refractivity (Wildman–Crippen MR) is 104 cm³/mol. The van der Waals surface area contributed by atoms with E-state index in [1.165, 1.54) is 37.1 Å². The third-order valence-electron chi connectivity index (χ3n) is 5.81. The van der Waals surface area contributed by atoms with Crippen LogP contribution in [0.1, 0.15) is 24.0 Å². The van der Waals surface area contributed by atoms with E-state index in [1.807, 2.05) is 0 Å². The van der Waals surface area contributed by atoms with E-state index in [0.717, 1.165) is 32.7 Å². The maximum absolute atomic E-state index is 3.53. The van der Waals surface area contributed by atoms with Gasteiger partial charge < -0.3 is 10.2 Å². The molecule has 2 aromatic rings. The van der Waals surface area contributed by atoms with E-state index >= 15 is 0 Å². The quantitative estimate of drug-likeness (QED) is 0.906. The summed E-state index contributed by atoms with van der Waals surface area (Å²) in [5.41, 5.74) is 2.79. The summed E-state index contributed by atoms with van der Waals surface area (Å²) >= 11 is 0. The summed E-state index contributed by atoms with van der Waals surface area (Å²) in [7, 11) is 0. The Morgan fingerprint density at radius 1 is 0.720 bits per heavy atom. The highest BCUT2D eigenvalue weighted by Gasteiger charge is 2.42. The zero-order valence-corrected chi connectivity index (χ0v) is 15.0. The standard InChI is InChI=1S/C22H29N3/c1-3-9-20(10-4-1)22(19-24-15-7-8-16-24,21-11-5-2-6-12-21)25-17-13-23-14-18-25/h1-6,9-12,23H,7-8,13-19H2. The summed E-state index contributed by atoms with van der Waals surface area (Å²) in [6.07, 6.45) is 2.67. The van der Waals surface area contributed by atoms with Crippen molar-refractivity contribution in [2.45, 2.75) is 18.4 Å². The van der Waals surface area contributed by atoms with E-state index < -0.39 is 0 Å². The van der Waals surface area contributed by atoms with Crippen LogP contribution in [0.3, 0.4) is 0 Å². The van der Waals surface area contributed by atoms with E-state index in [-0.39, 0.29) is 5.54 Å². The second-order valence-corrected chi connectivity index (χ2v) is 7.31. The Morgan fingerprint density at radius 2 is 1.24 bits per heavy atom. The monoisotopic (exact) mass is 335 g/mol. The van der Waals surface area contributed by atoms with Crippen LogP contribution in [0, 0.1) is 0 Å². The first kappa shape index (κ1) is 16.8. The zero-order valence-electron chi connectivity index (χ0n) is 15.0. The number of benzene rings is 2. The lowest BCUT2D eigenvalue weighted by atomic mass is 9.80. The van der Waals surface area contributed by atoms with Crippen molar-refractivity contribution < 1.29 is 0 Å². The average molecular weight is 335 g/mol. The van der Waals surface area contributed by atoms with Crippen LogP contribution in [0.4, 0.5) is 0 Å². The summed E-state index contributed by atoms with van der Waals surface area (Å²) in [6.45, 7) is 7.88. The maximum atomic E-state index is 3.53. The van der Waals surface area contributed by atoms with Gasteiger partial charge in [-0.15, -0.1) is 0 Å². The van der Waals surface area contributed by atoms with Gasteiger partial charge in [0.15, 0.2) is 0 Å². The van der Waals surface area contributed by atoms with Crippen LogP contribution >= 0.6 is 0 Å². The minimum atomic E-state index is -0.0606. The van der Waals surface area contributed by atoms with Gasteiger partial charge in [-0.2, -0.15) is 0 Å². The molecular formula is C22H29N3. The van der Waals surface area contributed by atoms with Gasteiger partial charge in [0.1, 0.15) is 0 Å². The van der Waals surface area contributed by atoms with Gasteiger partial charge in [0.2, 0.25) is 0 Å².